The van der Waals surface area contributed by atoms with E-state index in [9.17, 15) is 4.79 Å². The van der Waals surface area contributed by atoms with Gasteiger partial charge in [-0.05, 0) is 32.0 Å². The summed E-state index contributed by atoms with van der Waals surface area (Å²) in [6.07, 6.45) is 1.97. The molecule has 5 nitrogen and oxygen atoms in total. The summed E-state index contributed by atoms with van der Waals surface area (Å²) in [4.78, 5) is 12.2. The van der Waals surface area contributed by atoms with Crippen molar-refractivity contribution < 1.29 is 9.32 Å². The van der Waals surface area contributed by atoms with Gasteiger partial charge in [0.1, 0.15) is 11.3 Å². The van der Waals surface area contributed by atoms with Gasteiger partial charge in [0.2, 0.25) is 0 Å². The van der Waals surface area contributed by atoms with E-state index >= 15 is 0 Å². The average Bonchev–Trinajstić information content (AvgIpc) is 3.04. The summed E-state index contributed by atoms with van der Waals surface area (Å²) in [5.41, 5.74) is 2.17. The number of aromatic nitrogens is 2. The molecule has 114 valence electrons. The van der Waals surface area contributed by atoms with E-state index in [0.29, 0.717) is 30.1 Å². The van der Waals surface area contributed by atoms with Gasteiger partial charge in [0.05, 0.1) is 5.69 Å². The molecule has 2 heterocycles. The number of aryl methyl sites for hydroxylation is 2. The van der Waals surface area contributed by atoms with E-state index < -0.39 is 0 Å². The van der Waals surface area contributed by atoms with Crippen molar-refractivity contribution in [3.63, 3.8) is 0 Å². The summed E-state index contributed by atoms with van der Waals surface area (Å²) in [5.74, 6) is 0.374. The Morgan fingerprint density at radius 3 is 2.91 bits per heavy atom. The van der Waals surface area contributed by atoms with Crippen LogP contribution in [0.4, 0.5) is 0 Å². The molecule has 0 saturated carbocycles. The molecule has 3 rings (SSSR count). The number of hydrogen-bond acceptors (Lipinski definition) is 3. The largest absolute Gasteiger partial charge is 0.361 e. The number of hydrogen-bond donors (Lipinski definition) is 1. The van der Waals surface area contributed by atoms with Gasteiger partial charge in [-0.2, -0.15) is 0 Å². The molecule has 0 fully saturated rings. The third-order valence-electron chi connectivity index (χ3n) is 3.66. The van der Waals surface area contributed by atoms with Crippen molar-refractivity contribution in [2.45, 2.75) is 20.4 Å². The monoisotopic (exact) mass is 317 g/mol. The Morgan fingerprint density at radius 1 is 1.36 bits per heavy atom. The molecule has 1 aromatic carbocycles. The molecule has 1 N–H and O–H groups in total. The number of amides is 1. The molecule has 0 aliphatic rings. The van der Waals surface area contributed by atoms with Crippen molar-refractivity contribution in [1.82, 2.24) is 15.0 Å². The zero-order valence-corrected chi connectivity index (χ0v) is 13.1. The summed E-state index contributed by atoms with van der Waals surface area (Å²) in [6, 6.07) is 7.78. The van der Waals surface area contributed by atoms with Gasteiger partial charge < -0.3 is 14.4 Å². The molecule has 0 spiro atoms. The molecule has 1 amide bonds. The lowest BCUT2D eigenvalue weighted by molar-refractivity contribution is 0.0950. The van der Waals surface area contributed by atoms with Gasteiger partial charge in [0.15, 0.2) is 0 Å². The molecule has 22 heavy (non-hydrogen) atoms. The first-order valence-electron chi connectivity index (χ1n) is 7.02. The molecule has 0 radical (unpaired) electrons. The van der Waals surface area contributed by atoms with Gasteiger partial charge in [-0.3, -0.25) is 4.79 Å². The van der Waals surface area contributed by atoms with Crippen LogP contribution in [-0.2, 0) is 6.54 Å². The number of nitrogens with one attached hydrogen (secondary N) is 1. The highest BCUT2D eigenvalue weighted by Gasteiger charge is 2.16. The number of rotatable bonds is 4. The van der Waals surface area contributed by atoms with Crippen LogP contribution in [0.15, 0.2) is 35.0 Å². The number of nitrogens with zero attached hydrogens (tertiary/aromatic N) is 2. The molecule has 6 heteroatoms. The number of carbonyl (C=O) groups excluding carboxylic acids is 1. The van der Waals surface area contributed by atoms with E-state index in [1.807, 2.05) is 30.5 Å². The van der Waals surface area contributed by atoms with Crippen molar-refractivity contribution in [2.75, 3.05) is 6.54 Å². The topological polar surface area (TPSA) is 60.1 Å². The van der Waals surface area contributed by atoms with Crippen LogP contribution in [0.25, 0.3) is 10.9 Å². The van der Waals surface area contributed by atoms with Crippen LogP contribution >= 0.6 is 11.6 Å². The predicted molar refractivity (Wildman–Crippen MR) is 85.3 cm³/mol. The highest BCUT2D eigenvalue weighted by atomic mass is 35.5. The van der Waals surface area contributed by atoms with Crippen molar-refractivity contribution in [3.05, 3.63) is 52.5 Å². The Balaban J connectivity index is 1.68. The van der Waals surface area contributed by atoms with Crippen LogP contribution in [0.2, 0.25) is 5.02 Å². The molecule has 0 aliphatic carbocycles. The fourth-order valence-electron chi connectivity index (χ4n) is 2.57. The average molecular weight is 318 g/mol. The van der Waals surface area contributed by atoms with Crippen LogP contribution < -0.4 is 5.32 Å². The van der Waals surface area contributed by atoms with E-state index in [0.717, 1.165) is 15.9 Å². The van der Waals surface area contributed by atoms with E-state index in [4.69, 9.17) is 16.1 Å². The summed E-state index contributed by atoms with van der Waals surface area (Å²) in [6.45, 7) is 4.67. The van der Waals surface area contributed by atoms with Gasteiger partial charge >= 0.3 is 0 Å². The summed E-state index contributed by atoms with van der Waals surface area (Å²) >= 11 is 6.16. The number of halogens is 1. The standard InChI is InChI=1S/C16H16ClN3O2/c1-10-15(11(2)22-19-10)16(21)18-7-9-20-8-6-12-13(17)4-3-5-14(12)20/h3-6,8H,7,9H2,1-2H3,(H,18,21). The minimum atomic E-state index is -0.161. The summed E-state index contributed by atoms with van der Waals surface area (Å²) < 4.78 is 7.07. The van der Waals surface area contributed by atoms with Crippen LogP contribution in [0, 0.1) is 13.8 Å². The smallest absolute Gasteiger partial charge is 0.256 e. The lowest BCUT2D eigenvalue weighted by atomic mass is 10.2. The maximum absolute atomic E-state index is 12.2. The van der Waals surface area contributed by atoms with Gasteiger partial charge in [-0.15, -0.1) is 0 Å². The quantitative estimate of drug-likeness (QED) is 0.803. The van der Waals surface area contributed by atoms with E-state index in [1.165, 1.54) is 0 Å². The molecule has 2 aromatic heterocycles. The van der Waals surface area contributed by atoms with Crippen molar-refractivity contribution >= 4 is 28.4 Å². The third kappa shape index (κ3) is 2.60. The van der Waals surface area contributed by atoms with Gasteiger partial charge in [-0.1, -0.05) is 22.8 Å². The zero-order valence-electron chi connectivity index (χ0n) is 12.4. The molecular formula is C16H16ClN3O2. The molecule has 0 saturated heterocycles. The molecule has 0 unspecified atom stereocenters. The maximum atomic E-state index is 12.2. The molecule has 0 bridgehead atoms. The maximum Gasteiger partial charge on any atom is 0.256 e. The summed E-state index contributed by atoms with van der Waals surface area (Å²) in [7, 11) is 0. The second-order valence-electron chi connectivity index (χ2n) is 5.14. The minimum absolute atomic E-state index is 0.161. The Kier molecular flexibility index (Phi) is 3.90. The van der Waals surface area contributed by atoms with Crippen molar-refractivity contribution in [1.29, 1.82) is 0 Å². The summed E-state index contributed by atoms with van der Waals surface area (Å²) in [5, 5.41) is 8.43. The normalized spacial score (nSPS) is 11.0. The lowest BCUT2D eigenvalue weighted by Gasteiger charge is -2.07. The Labute approximate surface area is 132 Å². The Bertz CT molecular complexity index is 816. The van der Waals surface area contributed by atoms with Crippen molar-refractivity contribution in [2.24, 2.45) is 0 Å². The SMILES string of the molecule is Cc1noc(C)c1C(=O)NCCn1ccc2c(Cl)cccc21. The first kappa shape index (κ1) is 14.7. The fraction of sp³-hybridized carbons (Fsp3) is 0.250. The zero-order chi connectivity index (χ0) is 15.7. The first-order chi connectivity index (χ1) is 10.6. The first-order valence-corrected chi connectivity index (χ1v) is 7.40. The fourth-order valence-corrected chi connectivity index (χ4v) is 2.80. The van der Waals surface area contributed by atoms with E-state index in [1.54, 1.807) is 13.8 Å². The molecular weight excluding hydrogens is 302 g/mol. The predicted octanol–water partition coefficient (Wildman–Crippen LogP) is 3.33. The van der Waals surface area contributed by atoms with Gasteiger partial charge in [0, 0.05) is 35.2 Å². The second kappa shape index (κ2) is 5.85. The molecule has 3 aromatic rings. The van der Waals surface area contributed by atoms with Gasteiger partial charge in [-0.25, -0.2) is 0 Å². The van der Waals surface area contributed by atoms with Crippen molar-refractivity contribution in [3.8, 4) is 0 Å². The second-order valence-corrected chi connectivity index (χ2v) is 5.54. The van der Waals surface area contributed by atoms with Crippen LogP contribution in [-0.4, -0.2) is 22.2 Å². The Morgan fingerprint density at radius 2 is 2.18 bits per heavy atom. The highest BCUT2D eigenvalue weighted by molar-refractivity contribution is 6.35. The lowest BCUT2D eigenvalue weighted by Crippen LogP contribution is -2.27. The third-order valence-corrected chi connectivity index (χ3v) is 3.99. The van der Waals surface area contributed by atoms with Crippen LogP contribution in [0.5, 0.6) is 0 Å². The van der Waals surface area contributed by atoms with Crippen LogP contribution in [0.3, 0.4) is 0 Å². The van der Waals surface area contributed by atoms with E-state index in [2.05, 4.69) is 15.0 Å². The molecule has 0 aliphatic heterocycles. The number of benzene rings is 1. The van der Waals surface area contributed by atoms with Gasteiger partial charge in [0.25, 0.3) is 5.91 Å². The van der Waals surface area contributed by atoms with Crippen LogP contribution in [0.1, 0.15) is 21.8 Å². The molecule has 0 atom stereocenters. The highest BCUT2D eigenvalue weighted by Crippen LogP contribution is 2.24. The minimum Gasteiger partial charge on any atom is -0.361 e. The number of carbonyl (C=O) groups is 1. The number of fused-ring (bicyclic) bond motifs is 1. The Hall–Kier alpha value is -2.27. The van der Waals surface area contributed by atoms with E-state index in [-0.39, 0.29) is 5.91 Å².